The van der Waals surface area contributed by atoms with Gasteiger partial charge >= 0.3 is 0 Å². The Morgan fingerprint density at radius 3 is 2.69 bits per heavy atom. The van der Waals surface area contributed by atoms with Crippen molar-refractivity contribution in [1.82, 2.24) is 20.2 Å². The molecular formula is C20H21N7O2. The zero-order valence-electron chi connectivity index (χ0n) is 16.2. The number of anilines is 3. The molecule has 3 aromatic rings. The predicted molar refractivity (Wildman–Crippen MR) is 109 cm³/mol. The standard InChI is InChI=1S/C20H21N7O2/c1-14-12-18(28)21-16-10-6-7-11-17(16)26(14)19(29)13-25(2)20-22-23-24-27(20)15-8-4-3-5-9-15/h3-11,14H,12-13H2,1-2H3,(H,21,28)/t14-/m1/s1. The molecule has 2 amide bonds. The van der Waals surface area contributed by atoms with E-state index < -0.39 is 0 Å². The van der Waals surface area contributed by atoms with Crippen molar-refractivity contribution in [2.75, 3.05) is 28.7 Å². The molecule has 0 bridgehead atoms. The number of hydrogen-bond donors (Lipinski definition) is 1. The summed E-state index contributed by atoms with van der Waals surface area (Å²) in [6.07, 6.45) is 0.228. The summed E-state index contributed by atoms with van der Waals surface area (Å²) in [5.74, 6) is 0.197. The van der Waals surface area contributed by atoms with Gasteiger partial charge in [0.1, 0.15) is 6.54 Å². The number of benzene rings is 2. The van der Waals surface area contributed by atoms with Gasteiger partial charge in [0.15, 0.2) is 0 Å². The first kappa shape index (κ1) is 18.6. The van der Waals surface area contributed by atoms with Crippen LogP contribution in [0.1, 0.15) is 13.3 Å². The third-order valence-corrected chi connectivity index (χ3v) is 4.80. The Hall–Kier alpha value is -3.75. The number of aromatic nitrogens is 4. The molecule has 148 valence electrons. The van der Waals surface area contributed by atoms with Crippen molar-refractivity contribution in [2.45, 2.75) is 19.4 Å². The summed E-state index contributed by atoms with van der Waals surface area (Å²) < 4.78 is 1.58. The van der Waals surface area contributed by atoms with Crippen LogP contribution in [0.25, 0.3) is 5.69 Å². The molecule has 0 spiro atoms. The number of carbonyl (C=O) groups excluding carboxylic acids is 2. The molecule has 29 heavy (non-hydrogen) atoms. The lowest BCUT2D eigenvalue weighted by Crippen LogP contribution is -2.44. The number of nitrogens with one attached hydrogen (secondary N) is 1. The minimum atomic E-state index is -0.273. The fourth-order valence-corrected chi connectivity index (χ4v) is 3.47. The number of hydrogen-bond acceptors (Lipinski definition) is 6. The number of amides is 2. The van der Waals surface area contributed by atoms with Gasteiger partial charge in [-0.05, 0) is 41.6 Å². The van der Waals surface area contributed by atoms with Gasteiger partial charge in [0.05, 0.1) is 17.1 Å². The lowest BCUT2D eigenvalue weighted by atomic mass is 10.1. The molecule has 2 heterocycles. The normalized spacial score (nSPS) is 16.0. The number of rotatable bonds is 4. The lowest BCUT2D eigenvalue weighted by molar-refractivity contribution is -0.118. The summed E-state index contributed by atoms with van der Waals surface area (Å²) in [6.45, 7) is 1.92. The van der Waals surface area contributed by atoms with Gasteiger partial charge in [-0.1, -0.05) is 35.4 Å². The number of carbonyl (C=O) groups is 2. The highest BCUT2D eigenvalue weighted by atomic mass is 16.2. The first-order valence-electron chi connectivity index (χ1n) is 9.30. The number of tetrazole rings is 1. The number of para-hydroxylation sites is 3. The molecule has 0 saturated carbocycles. The van der Waals surface area contributed by atoms with Crippen LogP contribution in [0.3, 0.4) is 0 Å². The van der Waals surface area contributed by atoms with Crippen LogP contribution in [0.4, 0.5) is 17.3 Å². The second-order valence-corrected chi connectivity index (χ2v) is 6.96. The molecule has 1 aliphatic rings. The molecule has 9 nitrogen and oxygen atoms in total. The third kappa shape index (κ3) is 3.66. The van der Waals surface area contributed by atoms with Crippen LogP contribution in [0, 0.1) is 0 Å². The minimum Gasteiger partial charge on any atom is -0.333 e. The molecule has 2 aromatic carbocycles. The van der Waals surface area contributed by atoms with Crippen LogP contribution in [0.2, 0.25) is 0 Å². The molecule has 0 saturated heterocycles. The van der Waals surface area contributed by atoms with Gasteiger partial charge in [-0.25, -0.2) is 0 Å². The molecule has 1 aliphatic heterocycles. The third-order valence-electron chi connectivity index (χ3n) is 4.80. The molecule has 0 radical (unpaired) electrons. The summed E-state index contributed by atoms with van der Waals surface area (Å²) in [6, 6.07) is 16.5. The van der Waals surface area contributed by atoms with Crippen LogP contribution in [0.15, 0.2) is 54.6 Å². The van der Waals surface area contributed by atoms with Crippen molar-refractivity contribution in [3.05, 3.63) is 54.6 Å². The van der Waals surface area contributed by atoms with Crippen molar-refractivity contribution in [3.8, 4) is 5.69 Å². The van der Waals surface area contributed by atoms with Crippen LogP contribution in [-0.2, 0) is 9.59 Å². The Kier molecular flexibility index (Phi) is 4.94. The van der Waals surface area contributed by atoms with Gasteiger partial charge in [0, 0.05) is 19.5 Å². The quantitative estimate of drug-likeness (QED) is 0.729. The molecule has 1 atom stereocenters. The average Bonchev–Trinajstić information content (AvgIpc) is 3.15. The van der Waals surface area contributed by atoms with Gasteiger partial charge in [-0.2, -0.15) is 4.68 Å². The first-order chi connectivity index (χ1) is 14.0. The van der Waals surface area contributed by atoms with Crippen molar-refractivity contribution in [2.24, 2.45) is 0 Å². The van der Waals surface area contributed by atoms with Gasteiger partial charge in [-0.15, -0.1) is 0 Å². The van der Waals surface area contributed by atoms with Crippen LogP contribution < -0.4 is 15.1 Å². The molecule has 0 unspecified atom stereocenters. The van der Waals surface area contributed by atoms with Gasteiger partial charge in [0.25, 0.3) is 5.95 Å². The van der Waals surface area contributed by atoms with E-state index in [9.17, 15) is 9.59 Å². The van der Waals surface area contributed by atoms with Gasteiger partial charge in [0.2, 0.25) is 11.8 Å². The van der Waals surface area contributed by atoms with E-state index in [1.807, 2.05) is 55.5 Å². The zero-order valence-corrected chi connectivity index (χ0v) is 16.2. The van der Waals surface area contributed by atoms with E-state index in [0.717, 1.165) is 5.69 Å². The monoisotopic (exact) mass is 391 g/mol. The fraction of sp³-hybridized carbons (Fsp3) is 0.250. The van der Waals surface area contributed by atoms with E-state index in [0.29, 0.717) is 17.3 Å². The Labute approximate surface area is 167 Å². The molecule has 9 heteroatoms. The molecule has 1 N–H and O–H groups in total. The number of fused-ring (bicyclic) bond motifs is 1. The summed E-state index contributed by atoms with van der Waals surface area (Å²) in [7, 11) is 1.76. The minimum absolute atomic E-state index is 0.0556. The Bertz CT molecular complexity index is 1030. The van der Waals surface area contributed by atoms with E-state index >= 15 is 0 Å². The summed E-state index contributed by atoms with van der Waals surface area (Å²) in [4.78, 5) is 28.8. The maximum Gasteiger partial charge on any atom is 0.250 e. The Balaban J connectivity index is 1.60. The van der Waals surface area contributed by atoms with E-state index in [2.05, 4.69) is 20.8 Å². The fourth-order valence-electron chi connectivity index (χ4n) is 3.47. The van der Waals surface area contributed by atoms with Gasteiger partial charge < -0.3 is 15.1 Å². The predicted octanol–water partition coefficient (Wildman–Crippen LogP) is 1.86. The molecular weight excluding hydrogens is 370 g/mol. The van der Waals surface area contributed by atoms with E-state index in [4.69, 9.17) is 0 Å². The van der Waals surface area contributed by atoms with Crippen molar-refractivity contribution >= 4 is 29.1 Å². The van der Waals surface area contributed by atoms with E-state index in [1.165, 1.54) is 0 Å². The molecule has 4 rings (SSSR count). The lowest BCUT2D eigenvalue weighted by Gasteiger charge is -2.29. The highest BCUT2D eigenvalue weighted by Gasteiger charge is 2.30. The van der Waals surface area contributed by atoms with Crippen molar-refractivity contribution in [3.63, 3.8) is 0 Å². The van der Waals surface area contributed by atoms with E-state index in [1.54, 1.807) is 27.6 Å². The molecule has 0 fully saturated rings. The zero-order chi connectivity index (χ0) is 20.4. The van der Waals surface area contributed by atoms with Crippen molar-refractivity contribution < 1.29 is 9.59 Å². The second kappa shape index (κ2) is 7.70. The summed E-state index contributed by atoms with van der Waals surface area (Å²) in [5, 5.41) is 14.7. The maximum atomic E-state index is 13.3. The Morgan fingerprint density at radius 1 is 1.17 bits per heavy atom. The molecule has 0 aliphatic carbocycles. The Morgan fingerprint density at radius 2 is 1.90 bits per heavy atom. The van der Waals surface area contributed by atoms with Crippen LogP contribution in [-0.4, -0.2) is 51.7 Å². The SMILES string of the molecule is C[C@@H]1CC(=O)Nc2ccccc2N1C(=O)CN(C)c1nnnn1-c1ccccc1. The first-order valence-corrected chi connectivity index (χ1v) is 9.30. The van der Waals surface area contributed by atoms with Gasteiger partial charge in [-0.3, -0.25) is 9.59 Å². The highest BCUT2D eigenvalue weighted by molar-refractivity contribution is 6.05. The van der Waals surface area contributed by atoms with Crippen LogP contribution in [0.5, 0.6) is 0 Å². The number of likely N-dealkylation sites (N-methyl/N-ethyl adjacent to an activating group) is 1. The highest BCUT2D eigenvalue weighted by Crippen LogP contribution is 2.31. The van der Waals surface area contributed by atoms with Crippen molar-refractivity contribution in [1.29, 1.82) is 0 Å². The summed E-state index contributed by atoms with van der Waals surface area (Å²) >= 11 is 0. The second-order valence-electron chi connectivity index (χ2n) is 6.96. The average molecular weight is 391 g/mol. The smallest absolute Gasteiger partial charge is 0.250 e. The topological polar surface area (TPSA) is 96.2 Å². The summed E-state index contributed by atoms with van der Waals surface area (Å²) in [5.41, 5.74) is 2.12. The molecule has 1 aromatic heterocycles. The number of nitrogens with zero attached hydrogens (tertiary/aromatic N) is 6. The van der Waals surface area contributed by atoms with Crippen LogP contribution >= 0.6 is 0 Å². The maximum absolute atomic E-state index is 13.3. The largest absolute Gasteiger partial charge is 0.333 e. The van der Waals surface area contributed by atoms with E-state index in [-0.39, 0.29) is 30.8 Å².